The number of nitrogens with zero attached hydrogens (tertiary/aromatic N) is 1. The Labute approximate surface area is 108 Å². The van der Waals surface area contributed by atoms with Gasteiger partial charge in [-0.1, -0.05) is 20.8 Å². The third kappa shape index (κ3) is 5.87. The van der Waals surface area contributed by atoms with E-state index in [1.807, 2.05) is 0 Å². The fraction of sp³-hybridized carbons (Fsp3) is 1.00. The minimum Gasteiger partial charge on any atom is -0.317 e. The summed E-state index contributed by atoms with van der Waals surface area (Å²) < 4.78 is 0. The van der Waals surface area contributed by atoms with Gasteiger partial charge in [0.05, 0.1) is 0 Å². The lowest BCUT2D eigenvalue weighted by Crippen LogP contribution is -2.37. The van der Waals surface area contributed by atoms with Crippen molar-refractivity contribution in [2.75, 3.05) is 26.7 Å². The lowest BCUT2D eigenvalue weighted by molar-refractivity contribution is 0.149. The van der Waals surface area contributed by atoms with Crippen LogP contribution in [0.3, 0.4) is 0 Å². The monoisotopic (exact) mass is 240 g/mol. The lowest BCUT2D eigenvalue weighted by Gasteiger charge is -2.35. The second kappa shape index (κ2) is 8.10. The summed E-state index contributed by atoms with van der Waals surface area (Å²) in [4.78, 5) is 2.59. The van der Waals surface area contributed by atoms with E-state index in [1.54, 1.807) is 0 Å². The molecule has 1 aliphatic carbocycles. The number of hydrogen-bond acceptors (Lipinski definition) is 2. The molecule has 17 heavy (non-hydrogen) atoms. The Bertz CT molecular complexity index is 183. The molecule has 0 aromatic rings. The van der Waals surface area contributed by atoms with Gasteiger partial charge < -0.3 is 10.2 Å². The molecule has 1 N–H and O–H groups in total. The first kappa shape index (κ1) is 15.0. The van der Waals surface area contributed by atoms with E-state index in [-0.39, 0.29) is 0 Å². The SMILES string of the molecule is CCNCCC1CCC(N(C)CC(C)C)CC1. The molecular formula is C15H32N2. The van der Waals surface area contributed by atoms with Crippen molar-refractivity contribution in [3.8, 4) is 0 Å². The summed E-state index contributed by atoms with van der Waals surface area (Å²) in [6.07, 6.45) is 7.10. The molecule has 0 atom stereocenters. The molecule has 1 aliphatic rings. The van der Waals surface area contributed by atoms with E-state index < -0.39 is 0 Å². The molecule has 2 nitrogen and oxygen atoms in total. The van der Waals surface area contributed by atoms with Crippen LogP contribution in [-0.4, -0.2) is 37.6 Å². The Morgan fingerprint density at radius 3 is 2.35 bits per heavy atom. The minimum atomic E-state index is 0.798. The molecule has 0 amide bonds. The zero-order chi connectivity index (χ0) is 12.7. The predicted molar refractivity (Wildman–Crippen MR) is 76.4 cm³/mol. The smallest absolute Gasteiger partial charge is 0.00925 e. The molecule has 1 saturated carbocycles. The topological polar surface area (TPSA) is 15.3 Å². The molecule has 0 spiro atoms. The van der Waals surface area contributed by atoms with Crippen LogP contribution >= 0.6 is 0 Å². The zero-order valence-electron chi connectivity index (χ0n) is 12.3. The average molecular weight is 240 g/mol. The summed E-state index contributed by atoms with van der Waals surface area (Å²) in [5, 5.41) is 3.45. The van der Waals surface area contributed by atoms with Gasteiger partial charge in [0.1, 0.15) is 0 Å². The molecule has 0 aromatic heterocycles. The molecule has 0 aliphatic heterocycles. The Kier molecular flexibility index (Phi) is 7.14. The van der Waals surface area contributed by atoms with Gasteiger partial charge >= 0.3 is 0 Å². The molecule has 2 heteroatoms. The number of rotatable bonds is 7. The highest BCUT2D eigenvalue weighted by atomic mass is 15.1. The third-order valence-electron chi connectivity index (χ3n) is 4.07. The highest BCUT2D eigenvalue weighted by molar-refractivity contribution is 4.79. The summed E-state index contributed by atoms with van der Waals surface area (Å²) in [5.74, 6) is 1.78. The Morgan fingerprint density at radius 2 is 1.82 bits per heavy atom. The van der Waals surface area contributed by atoms with Gasteiger partial charge in [-0.05, 0) is 64.1 Å². The molecule has 0 bridgehead atoms. The molecule has 0 aromatic carbocycles. The van der Waals surface area contributed by atoms with Gasteiger partial charge in [0, 0.05) is 12.6 Å². The van der Waals surface area contributed by atoms with E-state index in [0.29, 0.717) is 0 Å². The van der Waals surface area contributed by atoms with Gasteiger partial charge in [0.25, 0.3) is 0 Å². The standard InChI is InChI=1S/C15H32N2/c1-5-16-11-10-14-6-8-15(9-7-14)17(4)12-13(2)3/h13-16H,5-12H2,1-4H3. The van der Waals surface area contributed by atoms with Crippen molar-refractivity contribution in [2.45, 2.75) is 58.9 Å². The van der Waals surface area contributed by atoms with E-state index in [2.05, 4.69) is 38.0 Å². The Balaban J connectivity index is 2.16. The van der Waals surface area contributed by atoms with Gasteiger partial charge in [-0.3, -0.25) is 0 Å². The van der Waals surface area contributed by atoms with Crippen LogP contribution in [0.4, 0.5) is 0 Å². The van der Waals surface area contributed by atoms with E-state index >= 15 is 0 Å². The van der Waals surface area contributed by atoms with Crippen LogP contribution < -0.4 is 5.32 Å². The van der Waals surface area contributed by atoms with Crippen molar-refractivity contribution in [3.05, 3.63) is 0 Å². The molecule has 1 rings (SSSR count). The Hall–Kier alpha value is -0.0800. The fourth-order valence-electron chi connectivity index (χ4n) is 3.08. The van der Waals surface area contributed by atoms with Crippen LogP contribution in [0.25, 0.3) is 0 Å². The van der Waals surface area contributed by atoms with Crippen molar-refractivity contribution >= 4 is 0 Å². The van der Waals surface area contributed by atoms with E-state index in [1.165, 1.54) is 45.2 Å². The van der Waals surface area contributed by atoms with Gasteiger partial charge in [0.15, 0.2) is 0 Å². The van der Waals surface area contributed by atoms with Crippen LogP contribution in [0.15, 0.2) is 0 Å². The van der Waals surface area contributed by atoms with Crippen LogP contribution in [0.1, 0.15) is 52.9 Å². The van der Waals surface area contributed by atoms with Crippen LogP contribution in [0.2, 0.25) is 0 Å². The quantitative estimate of drug-likeness (QED) is 0.688. The van der Waals surface area contributed by atoms with Crippen molar-refractivity contribution < 1.29 is 0 Å². The van der Waals surface area contributed by atoms with Gasteiger partial charge in [-0.2, -0.15) is 0 Å². The zero-order valence-corrected chi connectivity index (χ0v) is 12.3. The van der Waals surface area contributed by atoms with Gasteiger partial charge in [-0.15, -0.1) is 0 Å². The summed E-state index contributed by atoms with van der Waals surface area (Å²) in [7, 11) is 2.31. The van der Waals surface area contributed by atoms with E-state index in [0.717, 1.165) is 24.4 Å². The van der Waals surface area contributed by atoms with Crippen LogP contribution in [0, 0.1) is 11.8 Å². The first-order valence-corrected chi connectivity index (χ1v) is 7.54. The van der Waals surface area contributed by atoms with E-state index in [9.17, 15) is 0 Å². The van der Waals surface area contributed by atoms with Crippen LogP contribution in [0.5, 0.6) is 0 Å². The summed E-state index contributed by atoms with van der Waals surface area (Å²) in [6, 6.07) is 0.854. The molecule has 0 heterocycles. The maximum atomic E-state index is 3.45. The number of nitrogens with one attached hydrogen (secondary N) is 1. The largest absolute Gasteiger partial charge is 0.317 e. The summed E-state index contributed by atoms with van der Waals surface area (Å²) in [5.41, 5.74) is 0. The van der Waals surface area contributed by atoms with Crippen LogP contribution in [-0.2, 0) is 0 Å². The summed E-state index contributed by atoms with van der Waals surface area (Å²) in [6.45, 7) is 10.4. The lowest BCUT2D eigenvalue weighted by atomic mass is 9.83. The van der Waals surface area contributed by atoms with E-state index in [4.69, 9.17) is 0 Å². The second-order valence-corrected chi connectivity index (χ2v) is 6.15. The molecular weight excluding hydrogens is 208 g/mol. The maximum absolute atomic E-state index is 3.45. The molecule has 0 unspecified atom stereocenters. The average Bonchev–Trinajstić information content (AvgIpc) is 2.29. The highest BCUT2D eigenvalue weighted by Gasteiger charge is 2.23. The maximum Gasteiger partial charge on any atom is 0.00925 e. The van der Waals surface area contributed by atoms with Gasteiger partial charge in [0.2, 0.25) is 0 Å². The molecule has 0 saturated heterocycles. The molecule has 102 valence electrons. The predicted octanol–water partition coefficient (Wildman–Crippen LogP) is 3.13. The summed E-state index contributed by atoms with van der Waals surface area (Å²) >= 11 is 0. The highest BCUT2D eigenvalue weighted by Crippen LogP contribution is 2.29. The van der Waals surface area contributed by atoms with Crippen molar-refractivity contribution in [3.63, 3.8) is 0 Å². The molecule has 0 radical (unpaired) electrons. The molecule has 1 fully saturated rings. The fourth-order valence-corrected chi connectivity index (χ4v) is 3.08. The Morgan fingerprint density at radius 1 is 1.18 bits per heavy atom. The second-order valence-electron chi connectivity index (χ2n) is 6.15. The number of hydrogen-bond donors (Lipinski definition) is 1. The normalized spacial score (nSPS) is 25.8. The third-order valence-corrected chi connectivity index (χ3v) is 4.07. The van der Waals surface area contributed by atoms with Crippen molar-refractivity contribution in [1.82, 2.24) is 10.2 Å². The van der Waals surface area contributed by atoms with Gasteiger partial charge in [-0.25, -0.2) is 0 Å². The first-order chi connectivity index (χ1) is 8.13. The minimum absolute atomic E-state index is 0.798. The van der Waals surface area contributed by atoms with Crippen molar-refractivity contribution in [1.29, 1.82) is 0 Å². The first-order valence-electron chi connectivity index (χ1n) is 7.54. The van der Waals surface area contributed by atoms with Crippen molar-refractivity contribution in [2.24, 2.45) is 11.8 Å².